The number of carbonyl (C=O) groups excluding carboxylic acids is 2. The smallest absolute Gasteiger partial charge is 0.319 e. The summed E-state index contributed by atoms with van der Waals surface area (Å²) in [6.07, 6.45) is 2.61. The fraction of sp³-hybridized carbons (Fsp3) is 0.529. The van der Waals surface area contributed by atoms with Crippen LogP contribution in [0.5, 0.6) is 0 Å². The molecular weight excluding hydrogens is 356 g/mol. The Hall–Kier alpha value is -2.13. The molecule has 1 fully saturated rings. The minimum Gasteiger partial charge on any atom is -0.348 e. The number of urea groups is 1. The van der Waals surface area contributed by atoms with E-state index in [0.29, 0.717) is 24.2 Å². The Morgan fingerprint density at radius 3 is 2.65 bits per heavy atom. The molecule has 0 aromatic heterocycles. The standard InChI is InChI=1S/C17H26N4O4S/c1-12(2)18-17(23)20-14-7-4-6-13(10-14)16(22)19-15-8-5-9-21(11-15)26(3,24)25/h4,6-7,10,12,15H,5,8-9,11H2,1-3H3,(H,19,22)(H2,18,20,23). The Kier molecular flexibility index (Phi) is 6.60. The van der Waals surface area contributed by atoms with Crippen molar-refractivity contribution < 1.29 is 18.0 Å². The average Bonchev–Trinajstić information content (AvgIpc) is 2.53. The molecule has 0 radical (unpaired) electrons. The Labute approximate surface area is 154 Å². The average molecular weight is 382 g/mol. The number of rotatable bonds is 5. The SMILES string of the molecule is CC(C)NC(=O)Nc1cccc(C(=O)NC2CCCN(S(C)(=O)=O)C2)c1. The second-order valence-electron chi connectivity index (χ2n) is 6.77. The van der Waals surface area contributed by atoms with E-state index in [4.69, 9.17) is 0 Å². The molecule has 0 bridgehead atoms. The van der Waals surface area contributed by atoms with Crippen LogP contribution in [0.3, 0.4) is 0 Å². The van der Waals surface area contributed by atoms with Crippen LogP contribution in [0, 0.1) is 0 Å². The molecule has 2 rings (SSSR count). The quantitative estimate of drug-likeness (QED) is 0.715. The van der Waals surface area contributed by atoms with Crippen LogP contribution in [0.4, 0.5) is 10.5 Å². The molecule has 3 N–H and O–H groups in total. The van der Waals surface area contributed by atoms with Gasteiger partial charge >= 0.3 is 6.03 Å². The van der Waals surface area contributed by atoms with Gasteiger partial charge in [-0.15, -0.1) is 0 Å². The van der Waals surface area contributed by atoms with Crippen molar-refractivity contribution >= 4 is 27.6 Å². The molecule has 1 aromatic rings. The first kappa shape index (κ1) is 20.2. The highest BCUT2D eigenvalue weighted by atomic mass is 32.2. The maximum atomic E-state index is 12.5. The van der Waals surface area contributed by atoms with Crippen molar-refractivity contribution in [3.63, 3.8) is 0 Å². The van der Waals surface area contributed by atoms with Crippen molar-refractivity contribution in [3.05, 3.63) is 29.8 Å². The number of hydrogen-bond donors (Lipinski definition) is 3. The van der Waals surface area contributed by atoms with Gasteiger partial charge in [0.15, 0.2) is 0 Å². The fourth-order valence-electron chi connectivity index (χ4n) is 2.80. The summed E-state index contributed by atoms with van der Waals surface area (Å²) in [7, 11) is -3.26. The Bertz CT molecular complexity index is 764. The van der Waals surface area contributed by atoms with Gasteiger partial charge in [0.05, 0.1) is 6.26 Å². The monoisotopic (exact) mass is 382 g/mol. The molecular formula is C17H26N4O4S. The van der Waals surface area contributed by atoms with Gasteiger partial charge in [0.25, 0.3) is 5.91 Å². The third-order valence-electron chi connectivity index (χ3n) is 3.99. The van der Waals surface area contributed by atoms with Gasteiger partial charge < -0.3 is 16.0 Å². The van der Waals surface area contributed by atoms with Crippen LogP contribution >= 0.6 is 0 Å². The summed E-state index contributed by atoms with van der Waals surface area (Å²) in [5, 5.41) is 8.27. The zero-order valence-corrected chi connectivity index (χ0v) is 16.1. The van der Waals surface area contributed by atoms with Gasteiger partial charge in [-0.3, -0.25) is 4.79 Å². The highest BCUT2D eigenvalue weighted by Crippen LogP contribution is 2.15. The van der Waals surface area contributed by atoms with Crippen LogP contribution in [-0.4, -0.2) is 56.1 Å². The third kappa shape index (κ3) is 5.99. The Balaban J connectivity index is 1.99. The molecule has 0 aliphatic carbocycles. The molecule has 9 heteroatoms. The Morgan fingerprint density at radius 2 is 2.00 bits per heavy atom. The summed E-state index contributed by atoms with van der Waals surface area (Å²) < 4.78 is 24.7. The molecule has 3 amide bonds. The molecule has 8 nitrogen and oxygen atoms in total. The number of amides is 3. The van der Waals surface area contributed by atoms with E-state index in [1.54, 1.807) is 24.3 Å². The third-order valence-corrected chi connectivity index (χ3v) is 5.26. The van der Waals surface area contributed by atoms with Crippen LogP contribution in [0.25, 0.3) is 0 Å². The Morgan fingerprint density at radius 1 is 1.27 bits per heavy atom. The molecule has 1 aromatic carbocycles. The molecule has 0 saturated carbocycles. The van der Waals surface area contributed by atoms with E-state index >= 15 is 0 Å². The minimum atomic E-state index is -3.26. The molecule has 1 heterocycles. The number of benzene rings is 1. The maximum absolute atomic E-state index is 12.5. The van der Waals surface area contributed by atoms with Crippen molar-refractivity contribution in [2.45, 2.75) is 38.8 Å². The predicted octanol–water partition coefficient (Wildman–Crippen LogP) is 1.37. The van der Waals surface area contributed by atoms with E-state index in [-0.39, 0.29) is 30.6 Å². The highest BCUT2D eigenvalue weighted by molar-refractivity contribution is 7.88. The highest BCUT2D eigenvalue weighted by Gasteiger charge is 2.27. The molecule has 1 aliphatic rings. The first-order chi connectivity index (χ1) is 12.1. The molecule has 1 saturated heterocycles. The van der Waals surface area contributed by atoms with Crippen LogP contribution in [0.1, 0.15) is 37.0 Å². The summed E-state index contributed by atoms with van der Waals surface area (Å²) >= 11 is 0. The maximum Gasteiger partial charge on any atom is 0.319 e. The van der Waals surface area contributed by atoms with Gasteiger partial charge in [0.2, 0.25) is 10.0 Å². The number of hydrogen-bond acceptors (Lipinski definition) is 4. The van der Waals surface area contributed by atoms with Crippen molar-refractivity contribution in [1.29, 1.82) is 0 Å². The lowest BCUT2D eigenvalue weighted by Crippen LogP contribution is -2.49. The van der Waals surface area contributed by atoms with E-state index in [1.807, 2.05) is 13.8 Å². The van der Waals surface area contributed by atoms with Crippen molar-refractivity contribution in [2.75, 3.05) is 24.7 Å². The largest absolute Gasteiger partial charge is 0.348 e. The summed E-state index contributed by atoms with van der Waals surface area (Å²) in [5.74, 6) is -0.293. The normalized spacial score (nSPS) is 18.4. The van der Waals surface area contributed by atoms with Gasteiger partial charge in [-0.25, -0.2) is 17.5 Å². The lowest BCUT2D eigenvalue weighted by molar-refractivity contribution is 0.0921. The van der Waals surface area contributed by atoms with Gasteiger partial charge in [0.1, 0.15) is 0 Å². The van der Waals surface area contributed by atoms with Crippen LogP contribution < -0.4 is 16.0 Å². The lowest BCUT2D eigenvalue weighted by atomic mass is 10.1. The molecule has 1 unspecified atom stereocenters. The summed E-state index contributed by atoms with van der Waals surface area (Å²) in [6.45, 7) is 4.47. The van der Waals surface area contributed by atoms with Crippen LogP contribution in [0.15, 0.2) is 24.3 Å². The number of piperidine rings is 1. The number of sulfonamides is 1. The van der Waals surface area contributed by atoms with E-state index in [2.05, 4.69) is 16.0 Å². The lowest BCUT2D eigenvalue weighted by Gasteiger charge is -2.31. The molecule has 144 valence electrons. The molecule has 26 heavy (non-hydrogen) atoms. The summed E-state index contributed by atoms with van der Waals surface area (Å²) in [6, 6.07) is 6.06. The zero-order valence-electron chi connectivity index (χ0n) is 15.3. The predicted molar refractivity (Wildman–Crippen MR) is 101 cm³/mol. The second kappa shape index (κ2) is 8.50. The fourth-order valence-corrected chi connectivity index (χ4v) is 3.71. The van der Waals surface area contributed by atoms with Crippen molar-refractivity contribution in [1.82, 2.24) is 14.9 Å². The first-order valence-electron chi connectivity index (χ1n) is 8.58. The summed E-state index contributed by atoms with van der Waals surface area (Å²) in [5.41, 5.74) is 0.918. The van der Waals surface area contributed by atoms with E-state index in [1.165, 1.54) is 10.6 Å². The number of carbonyl (C=O) groups is 2. The van der Waals surface area contributed by atoms with Crippen LogP contribution in [0.2, 0.25) is 0 Å². The number of nitrogens with zero attached hydrogens (tertiary/aromatic N) is 1. The van der Waals surface area contributed by atoms with Gasteiger partial charge in [-0.05, 0) is 44.9 Å². The zero-order chi connectivity index (χ0) is 19.3. The number of nitrogens with one attached hydrogen (secondary N) is 3. The second-order valence-corrected chi connectivity index (χ2v) is 8.75. The van der Waals surface area contributed by atoms with Gasteiger partial charge in [-0.2, -0.15) is 0 Å². The molecule has 0 spiro atoms. The number of anilines is 1. The van der Waals surface area contributed by atoms with E-state index < -0.39 is 10.0 Å². The molecule has 1 aliphatic heterocycles. The van der Waals surface area contributed by atoms with Gasteiger partial charge in [-0.1, -0.05) is 6.07 Å². The van der Waals surface area contributed by atoms with E-state index in [9.17, 15) is 18.0 Å². The summed E-state index contributed by atoms with van der Waals surface area (Å²) in [4.78, 5) is 24.2. The topological polar surface area (TPSA) is 108 Å². The van der Waals surface area contributed by atoms with Gasteiger partial charge in [0, 0.05) is 36.4 Å². The van der Waals surface area contributed by atoms with Crippen molar-refractivity contribution in [3.8, 4) is 0 Å². The minimum absolute atomic E-state index is 0.00516. The molecule has 1 atom stereocenters. The van der Waals surface area contributed by atoms with E-state index in [0.717, 1.165) is 6.42 Å². The van der Waals surface area contributed by atoms with Crippen molar-refractivity contribution in [2.24, 2.45) is 0 Å². The van der Waals surface area contributed by atoms with Crippen LogP contribution in [-0.2, 0) is 10.0 Å². The first-order valence-corrected chi connectivity index (χ1v) is 10.4.